The van der Waals surface area contributed by atoms with Crippen LogP contribution in [-0.4, -0.2) is 32.8 Å². The van der Waals surface area contributed by atoms with Gasteiger partial charge >= 0.3 is 13.8 Å². The monoisotopic (exact) mass is 479 g/mol. The molecule has 182 valence electrons. The van der Waals surface area contributed by atoms with Crippen molar-refractivity contribution in [2.45, 2.75) is 59.9 Å². The van der Waals surface area contributed by atoms with Crippen molar-refractivity contribution in [3.05, 3.63) is 71.1 Å². The van der Waals surface area contributed by atoms with Gasteiger partial charge in [0.25, 0.3) is 0 Å². The van der Waals surface area contributed by atoms with E-state index in [2.05, 4.69) is 49.3 Å². The first-order chi connectivity index (χ1) is 15.1. The van der Waals surface area contributed by atoms with E-state index in [-0.39, 0.29) is 5.41 Å². The van der Waals surface area contributed by atoms with E-state index in [4.69, 9.17) is 14.9 Å². The molecule has 0 aliphatic heterocycles. The fourth-order valence-corrected chi connectivity index (χ4v) is 3.97. The van der Waals surface area contributed by atoms with Crippen molar-refractivity contribution in [3.63, 3.8) is 0 Å². The standard InChI is InChI=1S/C24H34NO7P/c1-16(12-13-20-18(3)11-8-14-24(20,5)6)9-7-10-17(2)15-21(26)25-22(23(27)28)19(4)32-33(29,30)31/h7,9-10,12-13,15,22H,4,8,11,14H2,1-3,5-6H3,(H,25,26)(H,27,28)(H2,29,30,31)/b10-7+,13-12+,16-9+,17-15?. The fraction of sp³-hybridized carbons (Fsp3) is 0.417. The van der Waals surface area contributed by atoms with Gasteiger partial charge < -0.3 is 14.9 Å². The van der Waals surface area contributed by atoms with E-state index in [1.165, 1.54) is 24.0 Å². The van der Waals surface area contributed by atoms with Crippen molar-refractivity contribution in [1.82, 2.24) is 5.32 Å². The molecule has 1 amide bonds. The second kappa shape index (κ2) is 12.0. The van der Waals surface area contributed by atoms with Gasteiger partial charge in [0.15, 0.2) is 6.04 Å². The first kappa shape index (κ1) is 28.4. The van der Waals surface area contributed by atoms with Crippen molar-refractivity contribution in [3.8, 4) is 0 Å². The van der Waals surface area contributed by atoms with E-state index >= 15 is 0 Å². The molecular formula is C24H34NO7P. The Morgan fingerprint density at radius 2 is 1.85 bits per heavy atom. The minimum Gasteiger partial charge on any atom is -0.479 e. The zero-order valence-electron chi connectivity index (χ0n) is 19.8. The summed E-state index contributed by atoms with van der Waals surface area (Å²) in [6.45, 7) is 13.5. The summed E-state index contributed by atoms with van der Waals surface area (Å²) < 4.78 is 15.0. The Kier molecular flexibility index (Phi) is 10.3. The van der Waals surface area contributed by atoms with Crippen LogP contribution < -0.4 is 5.32 Å². The van der Waals surface area contributed by atoms with Crippen LogP contribution in [0, 0.1) is 5.41 Å². The van der Waals surface area contributed by atoms with Gasteiger partial charge in [0.2, 0.25) is 5.91 Å². The topological polar surface area (TPSA) is 133 Å². The van der Waals surface area contributed by atoms with Crippen LogP contribution >= 0.6 is 7.82 Å². The number of allylic oxidation sites excluding steroid dienone is 9. The summed E-state index contributed by atoms with van der Waals surface area (Å²) in [6, 6.07) is -1.81. The summed E-state index contributed by atoms with van der Waals surface area (Å²) in [4.78, 5) is 40.9. The summed E-state index contributed by atoms with van der Waals surface area (Å²) in [5.74, 6) is -3.12. The minimum atomic E-state index is -4.99. The molecule has 8 nitrogen and oxygen atoms in total. The van der Waals surface area contributed by atoms with E-state index < -0.39 is 31.5 Å². The average molecular weight is 480 g/mol. The number of aliphatic carboxylic acids is 1. The molecule has 1 rings (SSSR count). The van der Waals surface area contributed by atoms with Crippen molar-refractivity contribution < 1.29 is 33.6 Å². The number of nitrogens with one attached hydrogen (secondary N) is 1. The Balaban J connectivity index is 2.80. The van der Waals surface area contributed by atoms with E-state index in [1.54, 1.807) is 19.1 Å². The van der Waals surface area contributed by atoms with Crippen LogP contribution in [0.4, 0.5) is 0 Å². The maximum Gasteiger partial charge on any atom is 0.524 e. The molecular weight excluding hydrogens is 445 g/mol. The molecule has 1 aliphatic carbocycles. The molecule has 0 aromatic carbocycles. The Morgan fingerprint density at radius 3 is 2.39 bits per heavy atom. The molecule has 0 spiro atoms. The molecule has 0 saturated heterocycles. The maximum absolute atomic E-state index is 12.1. The molecule has 1 atom stereocenters. The van der Waals surface area contributed by atoms with Gasteiger partial charge in [-0.25, -0.2) is 9.36 Å². The number of hydrogen-bond donors (Lipinski definition) is 4. The SMILES string of the molecule is C=C(OP(=O)(O)O)C(NC(=O)C=C(C)/C=C/C=C(C)/C=C/C1=C(C)CCCC1(C)C)C(=O)O. The Morgan fingerprint density at radius 1 is 1.21 bits per heavy atom. The normalized spacial score (nSPS) is 18.5. The van der Waals surface area contributed by atoms with Gasteiger partial charge in [-0.05, 0) is 56.6 Å². The molecule has 0 heterocycles. The van der Waals surface area contributed by atoms with E-state index in [0.29, 0.717) is 5.57 Å². The first-order valence-corrected chi connectivity index (χ1v) is 12.0. The third-order valence-electron chi connectivity index (χ3n) is 5.22. The molecule has 0 fully saturated rings. The number of hydrogen-bond acceptors (Lipinski definition) is 4. The predicted octanol–water partition coefficient (Wildman–Crippen LogP) is 4.71. The molecule has 33 heavy (non-hydrogen) atoms. The maximum atomic E-state index is 12.1. The molecule has 4 N–H and O–H groups in total. The number of amides is 1. The summed E-state index contributed by atoms with van der Waals surface area (Å²) >= 11 is 0. The quantitative estimate of drug-likeness (QED) is 0.154. The van der Waals surface area contributed by atoms with Gasteiger partial charge in [-0.3, -0.25) is 14.6 Å². The third kappa shape index (κ3) is 10.2. The van der Waals surface area contributed by atoms with Crippen molar-refractivity contribution >= 4 is 19.7 Å². The molecule has 0 radical (unpaired) electrons. The number of carboxylic acids is 1. The molecule has 1 unspecified atom stereocenters. The summed E-state index contributed by atoms with van der Waals surface area (Å²) in [7, 11) is -4.99. The van der Waals surface area contributed by atoms with Crippen LogP contribution in [0.5, 0.6) is 0 Å². The van der Waals surface area contributed by atoms with Crippen LogP contribution in [-0.2, 0) is 18.7 Å². The number of phosphoric ester groups is 1. The van der Waals surface area contributed by atoms with Crippen molar-refractivity contribution in [1.29, 1.82) is 0 Å². The highest BCUT2D eigenvalue weighted by Crippen LogP contribution is 2.41. The van der Waals surface area contributed by atoms with Crippen LogP contribution in [0.25, 0.3) is 0 Å². The fourth-order valence-electron chi connectivity index (χ4n) is 3.56. The van der Waals surface area contributed by atoms with E-state index in [0.717, 1.165) is 18.1 Å². The summed E-state index contributed by atoms with van der Waals surface area (Å²) in [6.07, 6.45) is 14.3. The number of carbonyl (C=O) groups is 2. The van der Waals surface area contributed by atoms with E-state index in [9.17, 15) is 14.2 Å². The van der Waals surface area contributed by atoms with Gasteiger partial charge in [0.05, 0.1) is 0 Å². The van der Waals surface area contributed by atoms with Crippen molar-refractivity contribution in [2.75, 3.05) is 0 Å². The highest BCUT2D eigenvalue weighted by molar-refractivity contribution is 7.46. The second-order valence-electron chi connectivity index (χ2n) is 8.75. The lowest BCUT2D eigenvalue weighted by atomic mass is 9.72. The van der Waals surface area contributed by atoms with E-state index in [1.807, 2.05) is 13.0 Å². The first-order valence-electron chi connectivity index (χ1n) is 10.5. The van der Waals surface area contributed by atoms with Crippen LogP contribution in [0.15, 0.2) is 71.1 Å². The van der Waals surface area contributed by atoms with Crippen LogP contribution in [0.2, 0.25) is 0 Å². The summed E-state index contributed by atoms with van der Waals surface area (Å²) in [5.41, 5.74) is 4.52. The van der Waals surface area contributed by atoms with Gasteiger partial charge in [0.1, 0.15) is 5.76 Å². The molecule has 0 aromatic rings. The zero-order chi connectivity index (χ0) is 25.4. The number of rotatable bonds is 10. The highest BCUT2D eigenvalue weighted by Gasteiger charge is 2.29. The number of carboxylic acid groups (broad SMARTS) is 1. The third-order valence-corrected chi connectivity index (χ3v) is 5.70. The average Bonchev–Trinajstić information content (AvgIpc) is 2.63. The molecule has 9 heteroatoms. The molecule has 0 saturated carbocycles. The molecule has 0 aromatic heterocycles. The Hall–Kier alpha value is -2.67. The zero-order valence-corrected chi connectivity index (χ0v) is 20.7. The van der Waals surface area contributed by atoms with Gasteiger partial charge in [-0.1, -0.05) is 62.0 Å². The highest BCUT2D eigenvalue weighted by atomic mass is 31.2. The largest absolute Gasteiger partial charge is 0.524 e. The number of carbonyl (C=O) groups excluding carboxylic acids is 1. The van der Waals surface area contributed by atoms with Crippen LogP contribution in [0.3, 0.4) is 0 Å². The van der Waals surface area contributed by atoms with Crippen LogP contribution in [0.1, 0.15) is 53.9 Å². The Bertz CT molecular complexity index is 977. The smallest absolute Gasteiger partial charge is 0.479 e. The molecule has 0 bridgehead atoms. The Labute approximate surface area is 195 Å². The summed E-state index contributed by atoms with van der Waals surface area (Å²) in [5, 5.41) is 11.2. The van der Waals surface area contributed by atoms with Gasteiger partial charge in [-0.15, -0.1) is 0 Å². The lowest BCUT2D eigenvalue weighted by molar-refractivity contribution is -0.140. The molecule has 1 aliphatic rings. The second-order valence-corrected chi connectivity index (χ2v) is 9.91. The number of phosphoric acid groups is 1. The van der Waals surface area contributed by atoms with Gasteiger partial charge in [-0.2, -0.15) is 0 Å². The van der Waals surface area contributed by atoms with Crippen molar-refractivity contribution in [2.24, 2.45) is 5.41 Å². The predicted molar refractivity (Wildman–Crippen MR) is 128 cm³/mol. The lowest BCUT2D eigenvalue weighted by Crippen LogP contribution is -2.41. The lowest BCUT2D eigenvalue weighted by Gasteiger charge is -2.32. The van der Waals surface area contributed by atoms with Gasteiger partial charge in [0, 0.05) is 6.08 Å². The minimum absolute atomic E-state index is 0.164.